The molecule has 1 aromatic carbocycles. The van der Waals surface area contributed by atoms with Gasteiger partial charge in [0.2, 0.25) is 0 Å². The van der Waals surface area contributed by atoms with E-state index < -0.39 is 0 Å². The predicted octanol–water partition coefficient (Wildman–Crippen LogP) is 3.50. The zero-order valence-electron chi connectivity index (χ0n) is 11.0. The molecule has 0 amide bonds. The molecule has 1 heterocycles. The molecular formula is C14H17BrFN3. The quantitative estimate of drug-likeness (QED) is 0.911. The second kappa shape index (κ2) is 6.30. The third kappa shape index (κ3) is 3.22. The summed E-state index contributed by atoms with van der Waals surface area (Å²) >= 11 is 3.28. The molecule has 0 radical (unpaired) electrons. The summed E-state index contributed by atoms with van der Waals surface area (Å²) < 4.78 is 16.7. The lowest BCUT2D eigenvalue weighted by Gasteiger charge is -2.17. The van der Waals surface area contributed by atoms with Gasteiger partial charge in [-0.25, -0.2) is 4.39 Å². The fourth-order valence-corrected chi connectivity index (χ4v) is 2.38. The van der Waals surface area contributed by atoms with Gasteiger partial charge in [0.1, 0.15) is 5.82 Å². The maximum absolute atomic E-state index is 14.1. The normalized spacial score (nSPS) is 12.6. The molecule has 1 atom stereocenters. The Hall–Kier alpha value is -1.20. The van der Waals surface area contributed by atoms with Gasteiger partial charge in [0.15, 0.2) is 0 Å². The van der Waals surface area contributed by atoms with Gasteiger partial charge < -0.3 is 5.32 Å². The van der Waals surface area contributed by atoms with Crippen molar-refractivity contribution < 1.29 is 4.39 Å². The van der Waals surface area contributed by atoms with Crippen LogP contribution < -0.4 is 5.32 Å². The topological polar surface area (TPSA) is 29.9 Å². The minimum atomic E-state index is -0.218. The molecule has 1 N–H and O–H groups in total. The molecule has 0 aliphatic heterocycles. The summed E-state index contributed by atoms with van der Waals surface area (Å²) in [6.45, 7) is 5.60. The number of rotatable bonds is 5. The van der Waals surface area contributed by atoms with Crippen molar-refractivity contribution in [1.29, 1.82) is 0 Å². The van der Waals surface area contributed by atoms with Crippen molar-refractivity contribution in [2.75, 3.05) is 6.54 Å². The number of aryl methyl sites for hydroxylation is 1. The summed E-state index contributed by atoms with van der Waals surface area (Å²) in [4.78, 5) is 0. The van der Waals surface area contributed by atoms with Gasteiger partial charge in [-0.15, -0.1) is 0 Å². The summed E-state index contributed by atoms with van der Waals surface area (Å²) in [5, 5.41) is 7.56. The summed E-state index contributed by atoms with van der Waals surface area (Å²) in [5.41, 5.74) is 1.62. The van der Waals surface area contributed by atoms with Gasteiger partial charge in [0.25, 0.3) is 0 Å². The number of halogens is 2. The molecular weight excluding hydrogens is 309 g/mol. The average Bonchev–Trinajstić information content (AvgIpc) is 2.85. The standard InChI is InChI=1S/C14H17BrFN3/c1-3-17-14(10-8-18-19(4-2)9-10)12-6-5-11(15)7-13(12)16/h5-9,14,17H,3-4H2,1-2H3. The van der Waals surface area contributed by atoms with E-state index in [4.69, 9.17) is 0 Å². The molecule has 19 heavy (non-hydrogen) atoms. The first-order valence-corrected chi connectivity index (χ1v) is 7.15. The molecule has 3 nitrogen and oxygen atoms in total. The van der Waals surface area contributed by atoms with E-state index in [1.807, 2.05) is 30.8 Å². The third-order valence-electron chi connectivity index (χ3n) is 2.99. The highest BCUT2D eigenvalue weighted by molar-refractivity contribution is 9.10. The third-order valence-corrected chi connectivity index (χ3v) is 3.49. The van der Waals surface area contributed by atoms with Crippen molar-refractivity contribution in [3.8, 4) is 0 Å². The molecule has 1 aromatic heterocycles. The van der Waals surface area contributed by atoms with E-state index in [1.54, 1.807) is 12.3 Å². The molecule has 0 spiro atoms. The van der Waals surface area contributed by atoms with E-state index in [1.165, 1.54) is 6.07 Å². The van der Waals surface area contributed by atoms with Crippen molar-refractivity contribution in [3.05, 3.63) is 52.0 Å². The first kappa shape index (κ1) is 14.2. The lowest BCUT2D eigenvalue weighted by atomic mass is 10.0. The first-order chi connectivity index (χ1) is 9.15. The van der Waals surface area contributed by atoms with Gasteiger partial charge >= 0.3 is 0 Å². The van der Waals surface area contributed by atoms with Crippen LogP contribution in [0.4, 0.5) is 4.39 Å². The van der Waals surface area contributed by atoms with Gasteiger partial charge in [-0.3, -0.25) is 4.68 Å². The SMILES string of the molecule is CCNC(c1cnn(CC)c1)c1ccc(Br)cc1F. The zero-order chi connectivity index (χ0) is 13.8. The van der Waals surface area contributed by atoms with Crippen LogP contribution in [0.3, 0.4) is 0 Å². The van der Waals surface area contributed by atoms with Crippen molar-refractivity contribution in [2.45, 2.75) is 26.4 Å². The van der Waals surface area contributed by atoms with Crippen molar-refractivity contribution in [1.82, 2.24) is 15.1 Å². The van der Waals surface area contributed by atoms with Gasteiger partial charge in [-0.1, -0.05) is 28.9 Å². The van der Waals surface area contributed by atoms with Crippen molar-refractivity contribution >= 4 is 15.9 Å². The van der Waals surface area contributed by atoms with E-state index in [0.717, 1.165) is 23.1 Å². The van der Waals surface area contributed by atoms with E-state index in [9.17, 15) is 4.39 Å². The molecule has 0 saturated heterocycles. The average molecular weight is 326 g/mol. The number of benzene rings is 1. The van der Waals surface area contributed by atoms with Crippen LogP contribution >= 0.6 is 15.9 Å². The molecule has 0 aliphatic rings. The van der Waals surface area contributed by atoms with E-state index in [-0.39, 0.29) is 11.9 Å². The Morgan fingerprint density at radius 3 is 2.79 bits per heavy atom. The summed E-state index contributed by atoms with van der Waals surface area (Å²) in [6, 6.07) is 4.98. The maximum Gasteiger partial charge on any atom is 0.129 e. The van der Waals surface area contributed by atoms with E-state index >= 15 is 0 Å². The highest BCUT2D eigenvalue weighted by Gasteiger charge is 2.18. The molecule has 102 valence electrons. The summed E-state index contributed by atoms with van der Waals surface area (Å²) in [5.74, 6) is -0.218. The molecule has 2 aromatic rings. The highest BCUT2D eigenvalue weighted by Crippen LogP contribution is 2.26. The van der Waals surface area contributed by atoms with Crippen LogP contribution in [0.15, 0.2) is 35.1 Å². The van der Waals surface area contributed by atoms with Crippen LogP contribution in [-0.2, 0) is 6.54 Å². The number of hydrogen-bond acceptors (Lipinski definition) is 2. The monoisotopic (exact) mass is 325 g/mol. The van der Waals surface area contributed by atoms with Gasteiger partial charge in [0, 0.05) is 28.3 Å². The Morgan fingerprint density at radius 1 is 1.42 bits per heavy atom. The van der Waals surface area contributed by atoms with Crippen LogP contribution in [0.1, 0.15) is 31.0 Å². The minimum Gasteiger partial charge on any atom is -0.306 e. The Bertz CT molecular complexity index is 553. The number of nitrogens with zero attached hydrogens (tertiary/aromatic N) is 2. The fraction of sp³-hybridized carbons (Fsp3) is 0.357. The van der Waals surface area contributed by atoms with E-state index in [0.29, 0.717) is 5.56 Å². The van der Waals surface area contributed by atoms with Crippen LogP contribution in [0, 0.1) is 5.82 Å². The van der Waals surface area contributed by atoms with Crippen LogP contribution in [-0.4, -0.2) is 16.3 Å². The largest absolute Gasteiger partial charge is 0.306 e. The number of aromatic nitrogens is 2. The maximum atomic E-state index is 14.1. The Kier molecular flexibility index (Phi) is 4.71. The fourth-order valence-electron chi connectivity index (χ4n) is 2.05. The Balaban J connectivity index is 2.38. The Labute approximate surface area is 121 Å². The summed E-state index contributed by atoms with van der Waals surface area (Å²) in [6.07, 6.45) is 3.74. The second-order valence-corrected chi connectivity index (χ2v) is 5.20. The highest BCUT2D eigenvalue weighted by atomic mass is 79.9. The van der Waals surface area contributed by atoms with E-state index in [2.05, 4.69) is 26.3 Å². The van der Waals surface area contributed by atoms with Gasteiger partial charge in [0.05, 0.1) is 12.2 Å². The molecule has 0 aliphatic carbocycles. The van der Waals surface area contributed by atoms with Crippen LogP contribution in [0.5, 0.6) is 0 Å². The van der Waals surface area contributed by atoms with Crippen LogP contribution in [0.2, 0.25) is 0 Å². The second-order valence-electron chi connectivity index (χ2n) is 4.29. The predicted molar refractivity (Wildman–Crippen MR) is 77.5 cm³/mol. The molecule has 1 unspecified atom stereocenters. The molecule has 5 heteroatoms. The summed E-state index contributed by atoms with van der Waals surface area (Å²) in [7, 11) is 0. The molecule has 2 rings (SSSR count). The van der Waals surface area contributed by atoms with Crippen LogP contribution in [0.25, 0.3) is 0 Å². The Morgan fingerprint density at radius 2 is 2.21 bits per heavy atom. The first-order valence-electron chi connectivity index (χ1n) is 6.36. The smallest absolute Gasteiger partial charge is 0.129 e. The minimum absolute atomic E-state index is 0.168. The van der Waals surface area contributed by atoms with Gasteiger partial charge in [-0.2, -0.15) is 5.10 Å². The number of hydrogen-bond donors (Lipinski definition) is 1. The molecule has 0 saturated carbocycles. The van der Waals surface area contributed by atoms with Gasteiger partial charge in [-0.05, 0) is 25.6 Å². The lowest BCUT2D eigenvalue weighted by Crippen LogP contribution is -2.22. The molecule has 0 fully saturated rings. The molecule has 0 bridgehead atoms. The van der Waals surface area contributed by atoms with Crippen molar-refractivity contribution in [2.24, 2.45) is 0 Å². The zero-order valence-corrected chi connectivity index (χ0v) is 12.6. The lowest BCUT2D eigenvalue weighted by molar-refractivity contribution is 0.557. The van der Waals surface area contributed by atoms with Crippen molar-refractivity contribution in [3.63, 3.8) is 0 Å². The number of nitrogens with one attached hydrogen (secondary N) is 1.